The fraction of sp³-hybridized carbons (Fsp3) is 0.600. The average Bonchev–Trinajstić information content (AvgIpc) is 3.05. The van der Waals surface area contributed by atoms with E-state index in [4.69, 9.17) is 22.9 Å². The van der Waals surface area contributed by atoms with Gasteiger partial charge in [-0.05, 0) is 49.7 Å². The fourth-order valence-corrected chi connectivity index (χ4v) is 3.41. The van der Waals surface area contributed by atoms with Crippen molar-refractivity contribution < 1.29 is 0 Å². The van der Waals surface area contributed by atoms with Gasteiger partial charge in [-0.15, -0.1) is 0 Å². The van der Waals surface area contributed by atoms with E-state index in [1.165, 1.54) is 43.4 Å². The number of nitrogens with two attached hydrogens (primary N) is 1. The summed E-state index contributed by atoms with van der Waals surface area (Å²) in [4.78, 5) is 5.21. The van der Waals surface area contributed by atoms with Gasteiger partial charge < -0.3 is 11.1 Å². The van der Waals surface area contributed by atoms with Gasteiger partial charge in [0.2, 0.25) is 0 Å². The molecule has 3 N–H and O–H groups in total. The van der Waals surface area contributed by atoms with Crippen molar-refractivity contribution in [1.29, 1.82) is 0 Å². The van der Waals surface area contributed by atoms with Crippen LogP contribution in [0.1, 0.15) is 48.9 Å². The van der Waals surface area contributed by atoms with E-state index in [-0.39, 0.29) is 0 Å². The molecule has 3 nitrogen and oxygen atoms in total. The van der Waals surface area contributed by atoms with Crippen molar-refractivity contribution in [2.45, 2.75) is 44.9 Å². The SMILES string of the molecule is NC(=S)c1cc2c(nc1NCC1CCCC1)CCC2. The van der Waals surface area contributed by atoms with E-state index in [9.17, 15) is 0 Å². The summed E-state index contributed by atoms with van der Waals surface area (Å²) in [6, 6.07) is 2.15. The van der Waals surface area contributed by atoms with Crippen molar-refractivity contribution in [1.82, 2.24) is 4.98 Å². The molecule has 2 aliphatic carbocycles. The van der Waals surface area contributed by atoms with Gasteiger partial charge in [-0.25, -0.2) is 4.98 Å². The third-order valence-corrected chi connectivity index (χ3v) is 4.57. The van der Waals surface area contributed by atoms with Crippen molar-refractivity contribution in [2.24, 2.45) is 11.7 Å². The molecule has 19 heavy (non-hydrogen) atoms. The van der Waals surface area contributed by atoms with Gasteiger partial charge >= 0.3 is 0 Å². The second-order valence-corrected chi connectivity index (χ2v) is 6.18. The summed E-state index contributed by atoms with van der Waals surface area (Å²) in [5.74, 6) is 1.69. The van der Waals surface area contributed by atoms with Crippen LogP contribution in [-0.4, -0.2) is 16.5 Å². The number of aromatic nitrogens is 1. The van der Waals surface area contributed by atoms with Crippen molar-refractivity contribution in [3.8, 4) is 0 Å². The third-order valence-electron chi connectivity index (χ3n) is 4.35. The molecule has 0 aromatic carbocycles. The van der Waals surface area contributed by atoms with E-state index in [0.29, 0.717) is 4.99 Å². The van der Waals surface area contributed by atoms with Crippen molar-refractivity contribution in [3.05, 3.63) is 22.9 Å². The minimum absolute atomic E-state index is 0.455. The number of pyridine rings is 1. The predicted octanol–water partition coefficient (Wildman–Crippen LogP) is 2.81. The summed E-state index contributed by atoms with van der Waals surface area (Å²) >= 11 is 5.17. The number of fused-ring (bicyclic) bond motifs is 1. The Morgan fingerprint density at radius 2 is 2.11 bits per heavy atom. The maximum atomic E-state index is 5.84. The number of anilines is 1. The first-order valence-corrected chi connectivity index (χ1v) is 7.71. The zero-order valence-electron chi connectivity index (χ0n) is 11.2. The van der Waals surface area contributed by atoms with Gasteiger partial charge in [-0.1, -0.05) is 25.1 Å². The van der Waals surface area contributed by atoms with Crippen LogP contribution in [0.15, 0.2) is 6.07 Å². The van der Waals surface area contributed by atoms with Gasteiger partial charge in [0.1, 0.15) is 10.8 Å². The van der Waals surface area contributed by atoms with Crippen LogP contribution in [0.2, 0.25) is 0 Å². The highest BCUT2D eigenvalue weighted by Crippen LogP contribution is 2.28. The zero-order chi connectivity index (χ0) is 13.2. The molecule has 0 unspecified atom stereocenters. The first kappa shape index (κ1) is 12.9. The highest BCUT2D eigenvalue weighted by atomic mass is 32.1. The van der Waals surface area contributed by atoms with E-state index >= 15 is 0 Å². The molecule has 1 fully saturated rings. The molecule has 2 aliphatic rings. The van der Waals surface area contributed by atoms with Crippen molar-refractivity contribution >= 4 is 23.0 Å². The zero-order valence-corrected chi connectivity index (χ0v) is 12.1. The average molecular weight is 275 g/mol. The lowest BCUT2D eigenvalue weighted by atomic mass is 10.1. The molecule has 4 heteroatoms. The molecule has 1 aromatic heterocycles. The Bertz CT molecular complexity index is 492. The van der Waals surface area contributed by atoms with Crippen LogP contribution in [0.5, 0.6) is 0 Å². The number of hydrogen-bond acceptors (Lipinski definition) is 3. The molecule has 1 aromatic rings. The lowest BCUT2D eigenvalue weighted by molar-refractivity contribution is 0.578. The van der Waals surface area contributed by atoms with Crippen molar-refractivity contribution in [3.63, 3.8) is 0 Å². The van der Waals surface area contributed by atoms with Crippen LogP contribution in [0.4, 0.5) is 5.82 Å². The molecule has 0 spiro atoms. The topological polar surface area (TPSA) is 50.9 Å². The Kier molecular flexibility index (Phi) is 3.69. The lowest BCUT2D eigenvalue weighted by Crippen LogP contribution is -2.18. The van der Waals surface area contributed by atoms with Crippen LogP contribution in [0.3, 0.4) is 0 Å². The Hall–Kier alpha value is -1.16. The van der Waals surface area contributed by atoms with E-state index < -0.39 is 0 Å². The number of rotatable bonds is 4. The largest absolute Gasteiger partial charge is 0.389 e. The Morgan fingerprint density at radius 1 is 1.32 bits per heavy atom. The molecular weight excluding hydrogens is 254 g/mol. The summed E-state index contributed by atoms with van der Waals surface area (Å²) < 4.78 is 0. The van der Waals surface area contributed by atoms with Gasteiger partial charge in [0, 0.05) is 12.2 Å². The molecule has 0 amide bonds. The van der Waals surface area contributed by atoms with Gasteiger partial charge in [-0.2, -0.15) is 0 Å². The van der Waals surface area contributed by atoms with E-state index in [0.717, 1.165) is 36.7 Å². The Labute approximate surface area is 120 Å². The molecule has 0 atom stereocenters. The van der Waals surface area contributed by atoms with Crippen molar-refractivity contribution in [2.75, 3.05) is 11.9 Å². The number of thiocarbonyl (C=S) groups is 1. The summed E-state index contributed by atoms with van der Waals surface area (Å²) in [5.41, 5.74) is 9.33. The minimum Gasteiger partial charge on any atom is -0.389 e. The molecular formula is C15H21N3S. The molecule has 0 saturated heterocycles. The molecule has 102 valence electrons. The van der Waals surface area contributed by atoms with E-state index in [1.54, 1.807) is 0 Å². The summed E-state index contributed by atoms with van der Waals surface area (Å²) in [7, 11) is 0. The summed E-state index contributed by atoms with van der Waals surface area (Å²) in [5, 5.41) is 3.49. The molecule has 1 saturated carbocycles. The maximum absolute atomic E-state index is 5.84. The Morgan fingerprint density at radius 3 is 2.84 bits per heavy atom. The number of nitrogens with one attached hydrogen (secondary N) is 1. The van der Waals surface area contributed by atoms with Crippen LogP contribution < -0.4 is 11.1 Å². The summed E-state index contributed by atoms with van der Waals surface area (Å²) in [6.45, 7) is 1.00. The van der Waals surface area contributed by atoms with Gasteiger partial charge in [0.25, 0.3) is 0 Å². The number of hydrogen-bond donors (Lipinski definition) is 2. The quantitative estimate of drug-likeness (QED) is 0.830. The lowest BCUT2D eigenvalue weighted by Gasteiger charge is -2.15. The highest BCUT2D eigenvalue weighted by Gasteiger charge is 2.19. The van der Waals surface area contributed by atoms with Crippen LogP contribution in [0, 0.1) is 5.92 Å². The molecule has 0 radical (unpaired) electrons. The van der Waals surface area contributed by atoms with Crippen LogP contribution in [-0.2, 0) is 12.8 Å². The number of aryl methyl sites for hydroxylation is 2. The molecule has 1 heterocycles. The molecule has 0 aliphatic heterocycles. The van der Waals surface area contributed by atoms with Gasteiger partial charge in [0.15, 0.2) is 0 Å². The smallest absolute Gasteiger partial charge is 0.136 e. The van der Waals surface area contributed by atoms with Crippen LogP contribution >= 0.6 is 12.2 Å². The highest BCUT2D eigenvalue weighted by molar-refractivity contribution is 7.80. The molecule has 3 rings (SSSR count). The maximum Gasteiger partial charge on any atom is 0.136 e. The predicted molar refractivity (Wildman–Crippen MR) is 82.6 cm³/mol. The second-order valence-electron chi connectivity index (χ2n) is 5.74. The second kappa shape index (κ2) is 5.45. The Balaban J connectivity index is 1.80. The third kappa shape index (κ3) is 2.73. The number of nitrogens with zero attached hydrogens (tertiary/aromatic N) is 1. The first-order chi connectivity index (χ1) is 9.24. The van der Waals surface area contributed by atoms with E-state index in [1.807, 2.05) is 0 Å². The van der Waals surface area contributed by atoms with E-state index in [2.05, 4.69) is 11.4 Å². The minimum atomic E-state index is 0.455. The van der Waals surface area contributed by atoms with Gasteiger partial charge in [0.05, 0.1) is 5.56 Å². The first-order valence-electron chi connectivity index (χ1n) is 7.30. The van der Waals surface area contributed by atoms with Gasteiger partial charge in [-0.3, -0.25) is 0 Å². The standard InChI is InChI=1S/C15H21N3S/c16-14(19)12-8-11-6-3-7-13(11)18-15(12)17-9-10-4-1-2-5-10/h8,10H,1-7,9H2,(H2,16,19)(H,17,18). The summed E-state index contributed by atoms with van der Waals surface area (Å²) in [6.07, 6.45) is 8.80. The van der Waals surface area contributed by atoms with Crippen LogP contribution in [0.25, 0.3) is 0 Å². The molecule has 0 bridgehead atoms. The fourth-order valence-electron chi connectivity index (χ4n) is 3.25. The normalized spacial score (nSPS) is 18.5. The monoisotopic (exact) mass is 275 g/mol.